The number of halogens is 1. The average Bonchev–Trinajstić information content (AvgIpc) is 2.02. The zero-order chi connectivity index (χ0) is 9.90. The summed E-state index contributed by atoms with van der Waals surface area (Å²) in [7, 11) is -2.83. The van der Waals surface area contributed by atoms with Gasteiger partial charge in [-0.1, -0.05) is 0 Å². The first-order valence-corrected chi connectivity index (χ1v) is 8.08. The summed E-state index contributed by atoms with van der Waals surface area (Å²) in [6.45, 7) is 2.32. The van der Waals surface area contributed by atoms with E-state index in [2.05, 4.69) is 16.0 Å². The van der Waals surface area contributed by atoms with Gasteiger partial charge in [0.05, 0.1) is 0 Å². The van der Waals surface area contributed by atoms with Crippen molar-refractivity contribution in [2.75, 3.05) is 12.9 Å². The number of hydrogen-bond acceptors (Lipinski definition) is 4. The van der Waals surface area contributed by atoms with E-state index < -0.39 is 10.0 Å². The fourth-order valence-corrected chi connectivity index (χ4v) is 2.71. The molecule has 1 unspecified atom stereocenters. The van der Waals surface area contributed by atoms with Crippen LogP contribution in [0, 0.1) is 4.78 Å². The Morgan fingerprint density at radius 2 is 2.54 bits per heavy atom. The van der Waals surface area contributed by atoms with Gasteiger partial charge in [0, 0.05) is 0 Å². The summed E-state index contributed by atoms with van der Waals surface area (Å²) < 4.78 is 25.3. The van der Waals surface area contributed by atoms with E-state index in [1.807, 2.05) is 0 Å². The predicted molar refractivity (Wildman–Crippen MR) is 48.8 cm³/mol. The Hall–Kier alpha value is 0.0500. The molecule has 0 aliphatic carbocycles. The standard InChI is InChI=1S/C7H12IN2O2S/c1-6-8-3-7(4-10-6)5-12-13(2,9)11/h3-4,6,9H,5H2,1-2H3/q-1/t6-,13?/m1/s1. The van der Waals surface area contributed by atoms with Gasteiger partial charge in [0.2, 0.25) is 0 Å². The molecule has 4 nitrogen and oxygen atoms in total. The van der Waals surface area contributed by atoms with Crippen LogP contribution in [-0.4, -0.2) is 27.3 Å². The van der Waals surface area contributed by atoms with Gasteiger partial charge in [-0.25, -0.2) is 0 Å². The van der Waals surface area contributed by atoms with Crippen LogP contribution in [-0.2, 0) is 14.2 Å². The van der Waals surface area contributed by atoms with E-state index in [1.165, 1.54) is 6.26 Å². The Labute approximate surface area is 88.9 Å². The maximum atomic E-state index is 10.9. The molecule has 13 heavy (non-hydrogen) atoms. The molecule has 1 heterocycles. The fourth-order valence-electron chi connectivity index (χ4n) is 0.680. The summed E-state index contributed by atoms with van der Waals surface area (Å²) in [6, 6.07) is 0. The van der Waals surface area contributed by atoms with Gasteiger partial charge in [0.25, 0.3) is 0 Å². The zero-order valence-corrected chi connectivity index (χ0v) is 10.5. The molecule has 1 aliphatic rings. The molecule has 0 amide bonds. The van der Waals surface area contributed by atoms with E-state index in [1.54, 1.807) is 6.21 Å². The third-order valence-electron chi connectivity index (χ3n) is 1.28. The SMILES string of the molecule is C[C@H]1N=CC(COS(C)(=N)=O)=C[I-]1. The second kappa shape index (κ2) is 4.52. The molecular weight excluding hydrogens is 303 g/mol. The maximum absolute atomic E-state index is 10.9. The Bertz CT molecular complexity index is 334. The summed E-state index contributed by atoms with van der Waals surface area (Å²) in [5.74, 6) is 0. The number of aliphatic imine (C=N–C) groups is 1. The first kappa shape index (κ1) is 11.1. The van der Waals surface area contributed by atoms with Crippen molar-refractivity contribution >= 4 is 16.2 Å². The fraction of sp³-hybridized carbons (Fsp3) is 0.571. The average molecular weight is 315 g/mol. The number of nitrogens with zero attached hydrogens (tertiary/aromatic N) is 1. The van der Waals surface area contributed by atoms with Crippen LogP contribution in [0.4, 0.5) is 0 Å². The number of hydrogen-bond donors (Lipinski definition) is 1. The van der Waals surface area contributed by atoms with Gasteiger partial charge in [-0.05, 0) is 0 Å². The number of rotatable bonds is 3. The van der Waals surface area contributed by atoms with Crippen molar-refractivity contribution in [3.05, 3.63) is 9.66 Å². The van der Waals surface area contributed by atoms with Crippen LogP contribution in [0.25, 0.3) is 0 Å². The predicted octanol–water partition coefficient (Wildman–Crippen LogP) is -2.00. The molecule has 0 fully saturated rings. The van der Waals surface area contributed by atoms with E-state index in [9.17, 15) is 4.21 Å². The molecule has 0 aromatic carbocycles. The van der Waals surface area contributed by atoms with Crippen molar-refractivity contribution in [3.8, 4) is 0 Å². The van der Waals surface area contributed by atoms with Crippen LogP contribution >= 0.6 is 0 Å². The molecule has 76 valence electrons. The number of nitrogens with one attached hydrogen (secondary N) is 1. The molecule has 0 radical (unpaired) electrons. The minimum absolute atomic E-state index is 0.0314. The first-order chi connectivity index (χ1) is 5.97. The minimum atomic E-state index is -2.83. The van der Waals surface area contributed by atoms with Gasteiger partial charge >= 0.3 is 89.1 Å². The van der Waals surface area contributed by atoms with Gasteiger partial charge in [-0.3, -0.25) is 0 Å². The molecule has 6 heteroatoms. The topological polar surface area (TPSA) is 62.5 Å². The van der Waals surface area contributed by atoms with Crippen LogP contribution in [0.3, 0.4) is 0 Å². The van der Waals surface area contributed by atoms with E-state index in [0.29, 0.717) is 4.05 Å². The summed E-state index contributed by atoms with van der Waals surface area (Å²) >= 11 is -0.0314. The van der Waals surface area contributed by atoms with E-state index in [4.69, 9.17) is 8.96 Å². The zero-order valence-electron chi connectivity index (χ0n) is 7.49. The normalized spacial score (nSPS) is 27.2. The Morgan fingerprint density at radius 1 is 1.85 bits per heavy atom. The first-order valence-electron chi connectivity index (χ1n) is 3.70. The second-order valence-electron chi connectivity index (χ2n) is 2.70. The summed E-state index contributed by atoms with van der Waals surface area (Å²) in [4.78, 5) is 4.23. The van der Waals surface area contributed by atoms with Gasteiger partial charge in [-0.2, -0.15) is 0 Å². The Balaban J connectivity index is 2.44. The van der Waals surface area contributed by atoms with Crippen LogP contribution in [0.1, 0.15) is 6.92 Å². The molecule has 0 bridgehead atoms. The third-order valence-corrected chi connectivity index (χ3v) is 4.37. The van der Waals surface area contributed by atoms with Gasteiger partial charge in [0.1, 0.15) is 0 Å². The molecule has 0 spiro atoms. The quantitative estimate of drug-likeness (QED) is 0.372. The monoisotopic (exact) mass is 315 g/mol. The van der Waals surface area contributed by atoms with Crippen molar-refractivity contribution in [3.63, 3.8) is 0 Å². The van der Waals surface area contributed by atoms with Crippen LogP contribution in [0.5, 0.6) is 0 Å². The molecular formula is C7H12IN2O2S-. The molecule has 0 saturated heterocycles. The van der Waals surface area contributed by atoms with Crippen molar-refractivity contribution in [2.24, 2.45) is 4.99 Å². The molecule has 1 N–H and O–H groups in total. The van der Waals surface area contributed by atoms with Gasteiger partial charge < -0.3 is 0 Å². The molecule has 2 atom stereocenters. The van der Waals surface area contributed by atoms with E-state index >= 15 is 0 Å². The third kappa shape index (κ3) is 4.72. The van der Waals surface area contributed by atoms with Crippen molar-refractivity contribution in [1.82, 2.24) is 0 Å². The van der Waals surface area contributed by atoms with Crippen molar-refractivity contribution < 1.29 is 29.6 Å². The molecule has 0 saturated carbocycles. The Kier molecular flexibility index (Phi) is 3.87. The Morgan fingerprint density at radius 3 is 3.00 bits per heavy atom. The van der Waals surface area contributed by atoms with Gasteiger partial charge in [0.15, 0.2) is 0 Å². The number of alkyl halides is 1. The van der Waals surface area contributed by atoms with Crippen LogP contribution in [0.2, 0.25) is 0 Å². The second-order valence-corrected chi connectivity index (χ2v) is 7.62. The molecule has 1 rings (SSSR count). The summed E-state index contributed by atoms with van der Waals surface area (Å²) in [6.07, 6.45) is 3.02. The van der Waals surface area contributed by atoms with Crippen molar-refractivity contribution in [1.29, 1.82) is 4.78 Å². The van der Waals surface area contributed by atoms with Crippen LogP contribution in [0.15, 0.2) is 14.6 Å². The van der Waals surface area contributed by atoms with E-state index in [0.717, 1.165) is 5.57 Å². The molecule has 1 aliphatic heterocycles. The summed E-state index contributed by atoms with van der Waals surface area (Å²) in [5, 5.41) is 0. The molecule has 0 aromatic rings. The molecule has 0 aromatic heterocycles. The summed E-state index contributed by atoms with van der Waals surface area (Å²) in [5.41, 5.74) is 0.952. The van der Waals surface area contributed by atoms with Gasteiger partial charge in [-0.15, -0.1) is 0 Å². The van der Waals surface area contributed by atoms with Crippen molar-refractivity contribution in [2.45, 2.75) is 11.0 Å². The van der Waals surface area contributed by atoms with Crippen LogP contribution < -0.4 is 21.2 Å². The van der Waals surface area contributed by atoms with E-state index in [-0.39, 0.29) is 27.8 Å².